The summed E-state index contributed by atoms with van der Waals surface area (Å²) in [5, 5.41) is 3.41. The van der Waals surface area contributed by atoms with E-state index < -0.39 is 0 Å². The van der Waals surface area contributed by atoms with E-state index in [2.05, 4.69) is 24.9 Å². The zero-order valence-electron chi connectivity index (χ0n) is 8.83. The molecule has 0 aliphatic rings. The largest absolute Gasteiger partial charge is 0.502 e. The van der Waals surface area contributed by atoms with Crippen LogP contribution >= 0.6 is 22.9 Å². The summed E-state index contributed by atoms with van der Waals surface area (Å²) in [6.45, 7) is 7.28. The van der Waals surface area contributed by atoms with Crippen LogP contribution < -0.4 is 5.32 Å². The van der Waals surface area contributed by atoms with Gasteiger partial charge in [0.05, 0.1) is 17.2 Å². The van der Waals surface area contributed by atoms with Crippen LogP contribution in [0.25, 0.3) is 0 Å². The minimum Gasteiger partial charge on any atom is -0.502 e. The van der Waals surface area contributed by atoms with Gasteiger partial charge in [0.1, 0.15) is 0 Å². The molecule has 1 aromatic rings. The van der Waals surface area contributed by atoms with E-state index >= 15 is 0 Å². The zero-order chi connectivity index (χ0) is 11.1. The third-order valence-corrected chi connectivity index (χ3v) is 3.44. The molecular formula is C11H16ClNOS. The van der Waals surface area contributed by atoms with E-state index in [9.17, 15) is 0 Å². The van der Waals surface area contributed by atoms with Crippen molar-refractivity contribution in [3.8, 4) is 0 Å². The van der Waals surface area contributed by atoms with Crippen LogP contribution in [-0.4, -0.2) is 13.2 Å². The molecule has 0 aliphatic heterocycles. The van der Waals surface area contributed by atoms with Crippen molar-refractivity contribution in [3.05, 3.63) is 34.2 Å². The smallest absolute Gasteiger partial charge is 0.0931 e. The van der Waals surface area contributed by atoms with E-state index in [-0.39, 0.29) is 0 Å². The Morgan fingerprint density at radius 1 is 1.67 bits per heavy atom. The summed E-state index contributed by atoms with van der Waals surface area (Å²) < 4.78 is 5.87. The highest BCUT2D eigenvalue weighted by Gasteiger charge is 2.06. The van der Waals surface area contributed by atoms with Crippen LogP contribution in [0, 0.1) is 0 Å². The van der Waals surface area contributed by atoms with Crippen LogP contribution in [0.5, 0.6) is 0 Å². The average Bonchev–Trinajstić information content (AvgIpc) is 2.64. The quantitative estimate of drug-likeness (QED) is 0.586. The Hall–Kier alpha value is -0.510. The molecule has 2 nitrogen and oxygen atoms in total. The van der Waals surface area contributed by atoms with E-state index in [1.807, 2.05) is 6.07 Å². The van der Waals surface area contributed by atoms with Crippen molar-refractivity contribution < 1.29 is 4.74 Å². The van der Waals surface area contributed by atoms with Crippen LogP contribution in [0.3, 0.4) is 0 Å². The lowest BCUT2D eigenvalue weighted by Crippen LogP contribution is -2.19. The number of hydrogen-bond acceptors (Lipinski definition) is 3. The second-order valence-corrected chi connectivity index (χ2v) is 4.96. The molecule has 0 radical (unpaired) electrons. The van der Waals surface area contributed by atoms with Crippen LogP contribution in [0.1, 0.15) is 24.3 Å². The van der Waals surface area contributed by atoms with Gasteiger partial charge in [-0.3, -0.25) is 0 Å². The number of thiophene rings is 1. The van der Waals surface area contributed by atoms with Gasteiger partial charge in [0.15, 0.2) is 0 Å². The van der Waals surface area contributed by atoms with E-state index in [1.165, 1.54) is 11.1 Å². The first-order chi connectivity index (χ1) is 7.24. The Labute approximate surface area is 99.9 Å². The van der Waals surface area contributed by atoms with Gasteiger partial charge in [-0.1, -0.05) is 18.2 Å². The van der Waals surface area contributed by atoms with Gasteiger partial charge in [0.25, 0.3) is 0 Å². The highest BCUT2D eigenvalue weighted by atomic mass is 35.5. The molecular weight excluding hydrogens is 230 g/mol. The standard InChI is InChI=1S/C11H16ClNOS/c1-3-14-8-4-7-13-9(2)10-5-6-11(12)15-10/h3,5-6,9,13H,1,4,7-8H2,2H3. The monoisotopic (exact) mass is 245 g/mol. The van der Waals surface area contributed by atoms with Gasteiger partial charge in [-0.2, -0.15) is 0 Å². The Kier molecular flexibility index (Phi) is 5.76. The number of rotatable bonds is 7. The van der Waals surface area contributed by atoms with E-state index in [4.69, 9.17) is 16.3 Å². The lowest BCUT2D eigenvalue weighted by Gasteiger charge is -2.11. The molecule has 0 spiro atoms. The number of hydrogen-bond donors (Lipinski definition) is 1. The maximum absolute atomic E-state index is 5.87. The molecule has 0 saturated heterocycles. The van der Waals surface area contributed by atoms with Gasteiger partial charge in [-0.25, -0.2) is 0 Å². The first kappa shape index (κ1) is 12.6. The van der Waals surface area contributed by atoms with Crippen LogP contribution in [-0.2, 0) is 4.74 Å². The first-order valence-electron chi connectivity index (χ1n) is 4.95. The normalized spacial score (nSPS) is 12.4. The number of halogens is 1. The molecule has 4 heteroatoms. The molecule has 1 heterocycles. The van der Waals surface area contributed by atoms with Crippen LogP contribution in [0.4, 0.5) is 0 Å². The van der Waals surface area contributed by atoms with E-state index in [1.54, 1.807) is 11.3 Å². The van der Waals surface area contributed by atoms with Crippen molar-refractivity contribution in [2.24, 2.45) is 0 Å². The van der Waals surface area contributed by atoms with Gasteiger partial charge in [0.2, 0.25) is 0 Å². The van der Waals surface area contributed by atoms with Gasteiger partial charge >= 0.3 is 0 Å². The molecule has 0 amide bonds. The summed E-state index contributed by atoms with van der Waals surface area (Å²) >= 11 is 7.49. The Bertz CT molecular complexity index is 301. The summed E-state index contributed by atoms with van der Waals surface area (Å²) in [7, 11) is 0. The second-order valence-electron chi connectivity index (χ2n) is 3.21. The maximum atomic E-state index is 5.87. The van der Waals surface area contributed by atoms with Crippen molar-refractivity contribution in [2.75, 3.05) is 13.2 Å². The molecule has 1 rings (SSSR count). The molecule has 84 valence electrons. The lowest BCUT2D eigenvalue weighted by molar-refractivity contribution is 0.243. The maximum Gasteiger partial charge on any atom is 0.0931 e. The molecule has 1 atom stereocenters. The fourth-order valence-corrected chi connectivity index (χ4v) is 2.31. The van der Waals surface area contributed by atoms with Gasteiger partial charge < -0.3 is 10.1 Å². The summed E-state index contributed by atoms with van der Waals surface area (Å²) in [6, 6.07) is 4.34. The average molecular weight is 246 g/mol. The fraction of sp³-hybridized carbons (Fsp3) is 0.455. The molecule has 0 aliphatic carbocycles. The Morgan fingerprint density at radius 3 is 3.07 bits per heavy atom. The molecule has 1 unspecified atom stereocenters. The van der Waals surface area contributed by atoms with Crippen molar-refractivity contribution in [3.63, 3.8) is 0 Å². The van der Waals surface area contributed by atoms with Gasteiger partial charge in [-0.05, 0) is 32.0 Å². The molecule has 1 aromatic heterocycles. The summed E-state index contributed by atoms with van der Waals surface area (Å²) in [5.74, 6) is 0. The fourth-order valence-electron chi connectivity index (χ4n) is 1.22. The minimum absolute atomic E-state index is 0.353. The SMILES string of the molecule is C=COCCCNC(C)c1ccc(Cl)s1. The number of nitrogens with one attached hydrogen (secondary N) is 1. The summed E-state index contributed by atoms with van der Waals surface area (Å²) in [6.07, 6.45) is 2.46. The predicted molar refractivity (Wildman–Crippen MR) is 66.5 cm³/mol. The topological polar surface area (TPSA) is 21.3 Å². The Balaban J connectivity index is 2.18. The van der Waals surface area contributed by atoms with Crippen molar-refractivity contribution >= 4 is 22.9 Å². The van der Waals surface area contributed by atoms with Crippen molar-refractivity contribution in [1.82, 2.24) is 5.32 Å². The summed E-state index contributed by atoms with van der Waals surface area (Å²) in [5.41, 5.74) is 0. The molecule has 0 aromatic carbocycles. The highest BCUT2D eigenvalue weighted by Crippen LogP contribution is 2.26. The zero-order valence-corrected chi connectivity index (χ0v) is 10.4. The minimum atomic E-state index is 0.353. The highest BCUT2D eigenvalue weighted by molar-refractivity contribution is 7.16. The van der Waals surface area contributed by atoms with Gasteiger partial charge in [0, 0.05) is 10.9 Å². The van der Waals surface area contributed by atoms with Crippen LogP contribution in [0.15, 0.2) is 25.0 Å². The predicted octanol–water partition coefficient (Wildman–Crippen LogP) is 3.60. The third kappa shape index (κ3) is 4.69. The molecule has 0 bridgehead atoms. The molecule has 0 saturated carbocycles. The van der Waals surface area contributed by atoms with E-state index in [0.717, 1.165) is 17.3 Å². The van der Waals surface area contributed by atoms with Crippen LogP contribution in [0.2, 0.25) is 4.34 Å². The molecule has 0 fully saturated rings. The van der Waals surface area contributed by atoms with Gasteiger partial charge in [-0.15, -0.1) is 11.3 Å². The summed E-state index contributed by atoms with van der Waals surface area (Å²) in [4.78, 5) is 1.27. The third-order valence-electron chi connectivity index (χ3n) is 2.03. The molecule has 15 heavy (non-hydrogen) atoms. The van der Waals surface area contributed by atoms with E-state index in [0.29, 0.717) is 12.6 Å². The lowest BCUT2D eigenvalue weighted by atomic mass is 10.2. The second kappa shape index (κ2) is 6.88. The molecule has 1 N–H and O–H groups in total. The Morgan fingerprint density at radius 2 is 2.47 bits per heavy atom. The van der Waals surface area contributed by atoms with Crippen molar-refractivity contribution in [1.29, 1.82) is 0 Å². The first-order valence-corrected chi connectivity index (χ1v) is 6.14. The number of ether oxygens (including phenoxy) is 1. The van der Waals surface area contributed by atoms with Crippen molar-refractivity contribution in [2.45, 2.75) is 19.4 Å².